The van der Waals surface area contributed by atoms with Gasteiger partial charge in [-0.1, -0.05) is 17.3 Å². The number of benzene rings is 1. The molecular formula is C13H13N3O2. The summed E-state index contributed by atoms with van der Waals surface area (Å²) in [5.74, 6) is 0.672. The third-order valence-electron chi connectivity index (χ3n) is 3.15. The number of phenols is 1. The topological polar surface area (TPSA) is 68.0 Å². The molecule has 1 saturated carbocycles. The fourth-order valence-electron chi connectivity index (χ4n) is 2.09. The van der Waals surface area contributed by atoms with Crippen LogP contribution in [0.1, 0.15) is 40.5 Å². The summed E-state index contributed by atoms with van der Waals surface area (Å²) in [6, 6.07) is 6.97. The Morgan fingerprint density at radius 3 is 2.67 bits per heavy atom. The highest BCUT2D eigenvalue weighted by atomic mass is 16.3. The Morgan fingerprint density at radius 1 is 1.33 bits per heavy atom. The van der Waals surface area contributed by atoms with E-state index >= 15 is 0 Å². The molecule has 92 valence electrons. The molecule has 1 aliphatic carbocycles. The third-order valence-corrected chi connectivity index (χ3v) is 3.15. The van der Waals surface area contributed by atoms with E-state index < -0.39 is 0 Å². The number of hydrogen-bond acceptors (Lipinski definition) is 4. The molecule has 1 N–H and O–H groups in total. The average Bonchev–Trinajstić information content (AvgIpc) is 3.14. The molecule has 18 heavy (non-hydrogen) atoms. The zero-order valence-electron chi connectivity index (χ0n) is 9.78. The largest absolute Gasteiger partial charge is 0.508 e. The number of aldehydes is 1. The van der Waals surface area contributed by atoms with Gasteiger partial charge in [0.1, 0.15) is 11.4 Å². The highest BCUT2D eigenvalue weighted by molar-refractivity contribution is 5.73. The minimum Gasteiger partial charge on any atom is -0.508 e. The summed E-state index contributed by atoms with van der Waals surface area (Å²) in [7, 11) is 0. The van der Waals surface area contributed by atoms with Gasteiger partial charge in [0.05, 0.1) is 12.2 Å². The van der Waals surface area contributed by atoms with Crippen LogP contribution in [0, 0.1) is 0 Å². The number of aromatic hydroxyl groups is 1. The maximum atomic E-state index is 10.9. The molecule has 3 rings (SSSR count). The number of carbonyl (C=O) groups excluding carboxylic acids is 1. The summed E-state index contributed by atoms with van der Waals surface area (Å²) in [6.07, 6.45) is 2.97. The van der Waals surface area contributed by atoms with Gasteiger partial charge >= 0.3 is 0 Å². The monoisotopic (exact) mass is 243 g/mol. The number of aromatic nitrogens is 3. The van der Waals surface area contributed by atoms with Crippen molar-refractivity contribution in [2.24, 2.45) is 0 Å². The minimum absolute atomic E-state index is 0.244. The standard InChI is InChI=1S/C13H13N3O2/c17-8-12-13(10-3-4-10)16(15-14-12)7-9-1-5-11(18)6-2-9/h1-2,5-6,8,10,18H,3-4,7H2. The van der Waals surface area contributed by atoms with E-state index in [1.165, 1.54) is 0 Å². The zero-order chi connectivity index (χ0) is 12.5. The van der Waals surface area contributed by atoms with Crippen LogP contribution in [0.4, 0.5) is 0 Å². The number of phenolic OH excluding ortho intramolecular Hbond substituents is 1. The highest BCUT2D eigenvalue weighted by Crippen LogP contribution is 2.40. The van der Waals surface area contributed by atoms with E-state index in [0.717, 1.165) is 30.4 Å². The van der Waals surface area contributed by atoms with Crippen LogP contribution in [0.25, 0.3) is 0 Å². The Kier molecular flexibility index (Phi) is 2.59. The maximum Gasteiger partial charge on any atom is 0.172 e. The van der Waals surface area contributed by atoms with Gasteiger partial charge in [0.25, 0.3) is 0 Å². The van der Waals surface area contributed by atoms with E-state index in [-0.39, 0.29) is 5.75 Å². The predicted octanol–water partition coefficient (Wildman–Crippen LogP) is 1.72. The van der Waals surface area contributed by atoms with Crippen LogP contribution in [0.2, 0.25) is 0 Å². The fourth-order valence-corrected chi connectivity index (χ4v) is 2.09. The summed E-state index contributed by atoms with van der Waals surface area (Å²) in [5, 5.41) is 17.2. The molecule has 0 amide bonds. The lowest BCUT2D eigenvalue weighted by molar-refractivity contribution is 0.111. The lowest BCUT2D eigenvalue weighted by atomic mass is 10.2. The Balaban J connectivity index is 1.90. The van der Waals surface area contributed by atoms with Crippen molar-refractivity contribution in [3.8, 4) is 5.75 Å². The van der Waals surface area contributed by atoms with Crippen LogP contribution >= 0.6 is 0 Å². The molecule has 0 aliphatic heterocycles. The van der Waals surface area contributed by atoms with Crippen LogP contribution in [-0.4, -0.2) is 26.4 Å². The van der Waals surface area contributed by atoms with Gasteiger partial charge in [-0.25, -0.2) is 4.68 Å². The van der Waals surface area contributed by atoms with Gasteiger partial charge in [-0.2, -0.15) is 0 Å². The van der Waals surface area contributed by atoms with E-state index in [9.17, 15) is 9.90 Å². The molecule has 1 aromatic heterocycles. The summed E-state index contributed by atoms with van der Waals surface area (Å²) >= 11 is 0. The minimum atomic E-state index is 0.244. The first-order valence-electron chi connectivity index (χ1n) is 5.94. The molecule has 0 unspecified atom stereocenters. The van der Waals surface area contributed by atoms with Gasteiger partial charge in [0.15, 0.2) is 6.29 Å². The van der Waals surface area contributed by atoms with Crippen molar-refractivity contribution in [1.29, 1.82) is 0 Å². The first kappa shape index (κ1) is 11.0. The SMILES string of the molecule is O=Cc1nnn(Cc2ccc(O)cc2)c1C1CC1. The van der Waals surface area contributed by atoms with Crippen LogP contribution in [0.3, 0.4) is 0 Å². The molecule has 5 heteroatoms. The van der Waals surface area contributed by atoms with Crippen molar-refractivity contribution >= 4 is 6.29 Å². The Bertz CT molecular complexity index is 570. The van der Waals surface area contributed by atoms with Crippen molar-refractivity contribution in [2.75, 3.05) is 0 Å². The summed E-state index contributed by atoms with van der Waals surface area (Å²) in [6.45, 7) is 0.576. The lowest BCUT2D eigenvalue weighted by Gasteiger charge is -2.06. The van der Waals surface area contributed by atoms with Gasteiger partial charge in [-0.3, -0.25) is 4.79 Å². The molecule has 0 radical (unpaired) electrons. The molecule has 1 aromatic carbocycles. The van der Waals surface area contributed by atoms with Crippen molar-refractivity contribution in [2.45, 2.75) is 25.3 Å². The maximum absolute atomic E-state index is 10.9. The van der Waals surface area contributed by atoms with Crippen LogP contribution in [0.15, 0.2) is 24.3 Å². The second kappa shape index (κ2) is 4.25. The molecule has 0 atom stereocenters. The van der Waals surface area contributed by atoms with Gasteiger partial charge in [0, 0.05) is 5.92 Å². The number of rotatable bonds is 4. The lowest BCUT2D eigenvalue weighted by Crippen LogP contribution is -2.06. The first-order valence-corrected chi connectivity index (χ1v) is 5.94. The summed E-state index contributed by atoms with van der Waals surface area (Å²) < 4.78 is 1.79. The summed E-state index contributed by atoms with van der Waals surface area (Å²) in [5.41, 5.74) is 2.42. The van der Waals surface area contributed by atoms with E-state index in [0.29, 0.717) is 18.2 Å². The molecule has 2 aromatic rings. The van der Waals surface area contributed by atoms with Gasteiger partial charge < -0.3 is 5.11 Å². The van der Waals surface area contributed by atoms with Crippen LogP contribution in [0.5, 0.6) is 5.75 Å². The van der Waals surface area contributed by atoms with E-state index in [1.807, 2.05) is 12.1 Å². The first-order chi connectivity index (χ1) is 8.78. The quantitative estimate of drug-likeness (QED) is 0.830. The predicted molar refractivity (Wildman–Crippen MR) is 64.6 cm³/mol. The zero-order valence-corrected chi connectivity index (χ0v) is 9.78. The van der Waals surface area contributed by atoms with E-state index in [2.05, 4.69) is 10.3 Å². The Hall–Kier alpha value is -2.17. The second-order valence-electron chi connectivity index (χ2n) is 4.58. The Labute approximate surface area is 104 Å². The number of carbonyl (C=O) groups is 1. The number of hydrogen-bond donors (Lipinski definition) is 1. The normalized spacial score (nSPS) is 14.7. The molecule has 1 heterocycles. The molecule has 0 spiro atoms. The van der Waals surface area contributed by atoms with Crippen LogP contribution in [-0.2, 0) is 6.54 Å². The smallest absolute Gasteiger partial charge is 0.172 e. The molecular weight excluding hydrogens is 230 g/mol. The highest BCUT2D eigenvalue weighted by Gasteiger charge is 2.31. The third kappa shape index (κ3) is 1.99. The molecule has 5 nitrogen and oxygen atoms in total. The van der Waals surface area contributed by atoms with Gasteiger partial charge in [-0.15, -0.1) is 5.10 Å². The van der Waals surface area contributed by atoms with Crippen LogP contribution < -0.4 is 0 Å². The number of nitrogens with zero attached hydrogens (tertiary/aromatic N) is 3. The summed E-state index contributed by atoms with van der Waals surface area (Å²) in [4.78, 5) is 10.9. The van der Waals surface area contributed by atoms with Crippen molar-refractivity contribution in [1.82, 2.24) is 15.0 Å². The molecule has 0 saturated heterocycles. The second-order valence-corrected chi connectivity index (χ2v) is 4.58. The van der Waals surface area contributed by atoms with Crippen molar-refractivity contribution < 1.29 is 9.90 Å². The van der Waals surface area contributed by atoms with Gasteiger partial charge in [0.2, 0.25) is 0 Å². The van der Waals surface area contributed by atoms with E-state index in [1.54, 1.807) is 16.8 Å². The average molecular weight is 243 g/mol. The fraction of sp³-hybridized carbons (Fsp3) is 0.308. The van der Waals surface area contributed by atoms with Crippen molar-refractivity contribution in [3.63, 3.8) is 0 Å². The Morgan fingerprint density at radius 2 is 2.06 bits per heavy atom. The van der Waals surface area contributed by atoms with Gasteiger partial charge in [-0.05, 0) is 30.5 Å². The molecule has 0 bridgehead atoms. The molecule has 1 fully saturated rings. The van der Waals surface area contributed by atoms with E-state index in [4.69, 9.17) is 0 Å². The molecule has 1 aliphatic rings. The van der Waals surface area contributed by atoms with Crippen molar-refractivity contribution in [3.05, 3.63) is 41.2 Å².